The maximum atomic E-state index is 13.7. The van der Waals surface area contributed by atoms with Gasteiger partial charge >= 0.3 is 5.97 Å². The number of hydrogen-bond donors (Lipinski definition) is 1. The molecule has 0 spiro atoms. The van der Waals surface area contributed by atoms with Crippen LogP contribution in [-0.4, -0.2) is 48.9 Å². The van der Waals surface area contributed by atoms with Crippen LogP contribution in [0.5, 0.6) is 0 Å². The Morgan fingerprint density at radius 2 is 2.28 bits per heavy atom. The van der Waals surface area contributed by atoms with Crippen molar-refractivity contribution >= 4 is 34.7 Å². The molecule has 4 rings (SSSR count). The summed E-state index contributed by atoms with van der Waals surface area (Å²) in [6.45, 7) is 1.73. The lowest BCUT2D eigenvalue weighted by atomic mass is 9.90. The van der Waals surface area contributed by atoms with Crippen molar-refractivity contribution in [1.82, 2.24) is 15.2 Å². The van der Waals surface area contributed by atoms with Crippen LogP contribution in [0.4, 0.5) is 4.39 Å². The van der Waals surface area contributed by atoms with E-state index in [0.29, 0.717) is 22.0 Å². The number of carbonyl (C=O) groups is 1. The van der Waals surface area contributed by atoms with Crippen LogP contribution >= 0.6 is 22.9 Å². The topological polar surface area (TPSA) is 66.8 Å². The summed E-state index contributed by atoms with van der Waals surface area (Å²) in [4.78, 5) is 24.2. The molecule has 0 saturated carbocycles. The van der Waals surface area contributed by atoms with Crippen LogP contribution < -0.4 is 5.32 Å². The fraction of sp³-hybridized carbons (Fsp3) is 0.350. The molecule has 2 aliphatic heterocycles. The molecule has 2 aliphatic rings. The summed E-state index contributed by atoms with van der Waals surface area (Å²) in [5.74, 6) is -0.240. The van der Waals surface area contributed by atoms with Crippen LogP contribution in [0.15, 0.2) is 46.0 Å². The zero-order chi connectivity index (χ0) is 20.5. The molecule has 29 heavy (non-hydrogen) atoms. The third-order valence-corrected chi connectivity index (χ3v) is 6.28. The van der Waals surface area contributed by atoms with Gasteiger partial charge in [0.2, 0.25) is 0 Å². The van der Waals surface area contributed by atoms with Crippen molar-refractivity contribution in [3.05, 3.63) is 62.5 Å². The molecule has 1 fully saturated rings. The SMILES string of the molecule is COC(=O)C1=C(C2CCN(C)C2)NC(c2nccs2)=NC1c1ccc(F)cc1Cl. The molecule has 9 heteroatoms. The second-order valence-corrected chi connectivity index (χ2v) is 8.38. The molecule has 6 nitrogen and oxygen atoms in total. The second-order valence-electron chi connectivity index (χ2n) is 7.08. The van der Waals surface area contributed by atoms with Gasteiger partial charge in [-0.05, 0) is 32.1 Å². The Labute approximate surface area is 177 Å². The van der Waals surface area contributed by atoms with Crippen LogP contribution in [0.2, 0.25) is 5.02 Å². The van der Waals surface area contributed by atoms with Gasteiger partial charge in [0, 0.05) is 40.3 Å². The maximum Gasteiger partial charge on any atom is 0.338 e. The maximum absolute atomic E-state index is 13.7. The summed E-state index contributed by atoms with van der Waals surface area (Å²) in [5.41, 5.74) is 1.72. The number of methoxy groups -OCH3 is 1. The number of ether oxygens (including phenoxy) is 1. The highest BCUT2D eigenvalue weighted by atomic mass is 35.5. The van der Waals surface area contributed by atoms with Crippen LogP contribution in [0.1, 0.15) is 23.0 Å². The Balaban J connectivity index is 1.88. The van der Waals surface area contributed by atoms with Crippen molar-refractivity contribution in [3.63, 3.8) is 0 Å². The fourth-order valence-electron chi connectivity index (χ4n) is 3.79. The Morgan fingerprint density at radius 1 is 1.45 bits per heavy atom. The van der Waals surface area contributed by atoms with Gasteiger partial charge in [-0.25, -0.2) is 14.2 Å². The Bertz CT molecular complexity index is 992. The van der Waals surface area contributed by atoms with E-state index in [1.807, 2.05) is 12.4 Å². The molecule has 0 bridgehead atoms. The minimum Gasteiger partial charge on any atom is -0.466 e. The van der Waals surface area contributed by atoms with Gasteiger partial charge in [0.15, 0.2) is 10.8 Å². The van der Waals surface area contributed by atoms with Crippen molar-refractivity contribution in [2.24, 2.45) is 10.9 Å². The minimum atomic E-state index is -0.711. The number of hydrogen-bond acceptors (Lipinski definition) is 7. The number of carbonyl (C=O) groups excluding carboxylic acids is 1. The molecule has 1 saturated heterocycles. The Kier molecular flexibility index (Phi) is 5.67. The number of nitrogens with zero attached hydrogens (tertiary/aromatic N) is 3. The van der Waals surface area contributed by atoms with E-state index < -0.39 is 17.8 Å². The first-order valence-electron chi connectivity index (χ1n) is 9.18. The lowest BCUT2D eigenvalue weighted by Crippen LogP contribution is -2.37. The smallest absolute Gasteiger partial charge is 0.338 e. The van der Waals surface area contributed by atoms with E-state index in [2.05, 4.69) is 15.2 Å². The Morgan fingerprint density at radius 3 is 2.90 bits per heavy atom. The van der Waals surface area contributed by atoms with E-state index >= 15 is 0 Å². The first kappa shape index (κ1) is 20.0. The number of amidine groups is 1. The van der Waals surface area contributed by atoms with Crippen molar-refractivity contribution in [2.45, 2.75) is 12.5 Å². The number of likely N-dealkylation sites (tertiary alicyclic amines) is 1. The van der Waals surface area contributed by atoms with Gasteiger partial charge in [-0.2, -0.15) is 0 Å². The summed E-state index contributed by atoms with van der Waals surface area (Å²) >= 11 is 7.80. The van der Waals surface area contributed by atoms with Gasteiger partial charge in [0.1, 0.15) is 11.9 Å². The van der Waals surface area contributed by atoms with Crippen molar-refractivity contribution < 1.29 is 13.9 Å². The summed E-state index contributed by atoms with van der Waals surface area (Å²) in [6, 6.07) is 3.41. The minimum absolute atomic E-state index is 0.112. The first-order chi connectivity index (χ1) is 14.0. The Hall–Kier alpha value is -2.29. The highest BCUT2D eigenvalue weighted by molar-refractivity contribution is 7.11. The summed E-state index contributed by atoms with van der Waals surface area (Å²) < 4.78 is 18.7. The monoisotopic (exact) mass is 434 g/mol. The van der Waals surface area contributed by atoms with E-state index in [9.17, 15) is 9.18 Å². The lowest BCUT2D eigenvalue weighted by molar-refractivity contribution is -0.136. The highest BCUT2D eigenvalue weighted by Gasteiger charge is 2.38. The molecule has 0 aliphatic carbocycles. The molecule has 3 heterocycles. The molecule has 0 radical (unpaired) electrons. The average molecular weight is 435 g/mol. The van der Waals surface area contributed by atoms with Crippen molar-refractivity contribution in [2.75, 3.05) is 27.2 Å². The zero-order valence-electron chi connectivity index (χ0n) is 16.0. The van der Waals surface area contributed by atoms with E-state index in [-0.39, 0.29) is 10.9 Å². The summed E-state index contributed by atoms with van der Waals surface area (Å²) in [6.07, 6.45) is 2.60. The van der Waals surface area contributed by atoms with Crippen molar-refractivity contribution in [1.29, 1.82) is 0 Å². The zero-order valence-corrected chi connectivity index (χ0v) is 17.6. The van der Waals surface area contributed by atoms with Gasteiger partial charge in [-0.1, -0.05) is 17.7 Å². The van der Waals surface area contributed by atoms with Gasteiger partial charge in [-0.15, -0.1) is 11.3 Å². The predicted octanol–water partition coefficient (Wildman–Crippen LogP) is 3.41. The highest BCUT2D eigenvalue weighted by Crippen LogP contribution is 2.39. The molecular formula is C20H20ClFN4O2S. The van der Waals surface area contributed by atoms with Crippen LogP contribution in [0.3, 0.4) is 0 Å². The molecule has 0 amide bonds. The quantitative estimate of drug-likeness (QED) is 0.747. The average Bonchev–Trinajstić information content (AvgIpc) is 3.38. The number of benzene rings is 1. The second kappa shape index (κ2) is 8.22. The number of rotatable bonds is 4. The normalized spacial score (nSPS) is 22.4. The molecule has 1 N–H and O–H groups in total. The molecule has 2 unspecified atom stereocenters. The molecular weight excluding hydrogens is 415 g/mol. The van der Waals surface area contributed by atoms with E-state index in [0.717, 1.165) is 25.2 Å². The standard InChI is InChI=1S/C20H20ClFN4O2S/c1-26-7-5-11(10-26)16-15(20(27)28-2)17(13-4-3-12(22)9-14(13)21)25-18(24-16)19-23-6-8-29-19/h3-4,6,8-9,11,17H,5,7,10H2,1-2H3,(H,24,25). The van der Waals surface area contributed by atoms with Gasteiger partial charge < -0.3 is 15.0 Å². The van der Waals surface area contributed by atoms with E-state index in [4.69, 9.17) is 21.3 Å². The number of esters is 1. The summed E-state index contributed by atoms with van der Waals surface area (Å²) in [5, 5.41) is 6.13. The number of nitrogens with one attached hydrogen (secondary N) is 1. The third-order valence-electron chi connectivity index (χ3n) is 5.17. The van der Waals surface area contributed by atoms with E-state index in [1.165, 1.54) is 30.6 Å². The fourth-order valence-corrected chi connectivity index (χ4v) is 4.65. The molecule has 1 aromatic heterocycles. The van der Waals surface area contributed by atoms with Crippen LogP contribution in [0.25, 0.3) is 0 Å². The van der Waals surface area contributed by atoms with E-state index in [1.54, 1.807) is 12.3 Å². The van der Waals surface area contributed by atoms with Gasteiger partial charge in [0.25, 0.3) is 0 Å². The predicted molar refractivity (Wildman–Crippen MR) is 111 cm³/mol. The summed E-state index contributed by atoms with van der Waals surface area (Å²) in [7, 11) is 3.39. The number of aromatic nitrogens is 1. The molecule has 2 atom stereocenters. The largest absolute Gasteiger partial charge is 0.466 e. The van der Waals surface area contributed by atoms with Gasteiger partial charge in [-0.3, -0.25) is 4.99 Å². The lowest BCUT2D eigenvalue weighted by Gasteiger charge is -2.30. The van der Waals surface area contributed by atoms with Crippen molar-refractivity contribution in [3.8, 4) is 0 Å². The number of aliphatic imine (C=N–C) groups is 1. The van der Waals surface area contributed by atoms with Crippen LogP contribution in [0, 0.1) is 11.7 Å². The molecule has 1 aromatic carbocycles. The number of thiazole rings is 1. The molecule has 2 aromatic rings. The van der Waals surface area contributed by atoms with Gasteiger partial charge in [0.05, 0.1) is 12.7 Å². The van der Waals surface area contributed by atoms with Crippen LogP contribution in [-0.2, 0) is 9.53 Å². The first-order valence-corrected chi connectivity index (χ1v) is 10.4. The number of halogens is 2. The third kappa shape index (κ3) is 3.92. The molecule has 152 valence electrons.